The monoisotopic (exact) mass is 1520 g/mol. The fraction of sp³-hybridized carbons (Fsp3) is 0.953. The van der Waals surface area contributed by atoms with Crippen molar-refractivity contribution in [3.05, 3.63) is 0 Å². The van der Waals surface area contributed by atoms with Gasteiger partial charge >= 0.3 is 39.5 Å². The molecule has 0 saturated heterocycles. The lowest BCUT2D eigenvalue weighted by Crippen LogP contribution is -2.30. The minimum Gasteiger partial charge on any atom is -0.462 e. The van der Waals surface area contributed by atoms with Crippen LogP contribution in [0.15, 0.2) is 0 Å². The fourth-order valence-electron chi connectivity index (χ4n) is 13.2. The van der Waals surface area contributed by atoms with E-state index in [2.05, 4.69) is 41.5 Å². The molecule has 0 fully saturated rings. The van der Waals surface area contributed by atoms with Gasteiger partial charge in [0.25, 0.3) is 0 Å². The second kappa shape index (κ2) is 76.4. The van der Waals surface area contributed by atoms with Crippen LogP contribution in [0.1, 0.15) is 452 Å². The number of aliphatic hydroxyl groups is 1. The molecule has 5 atom stereocenters. The van der Waals surface area contributed by atoms with Gasteiger partial charge in [0.15, 0.2) is 12.2 Å². The highest BCUT2D eigenvalue weighted by Crippen LogP contribution is 2.45. The molecule has 0 heterocycles. The molecule has 0 amide bonds. The van der Waals surface area contributed by atoms with Gasteiger partial charge in [0.1, 0.15) is 19.3 Å². The van der Waals surface area contributed by atoms with E-state index in [0.717, 1.165) is 102 Å². The highest BCUT2D eigenvalue weighted by atomic mass is 31.2. The van der Waals surface area contributed by atoms with Crippen LogP contribution in [-0.4, -0.2) is 96.7 Å². The summed E-state index contributed by atoms with van der Waals surface area (Å²) in [5, 5.41) is 10.7. The molecular weight excluding hydrogens is 1350 g/mol. The van der Waals surface area contributed by atoms with E-state index in [9.17, 15) is 43.2 Å². The zero-order valence-corrected chi connectivity index (χ0v) is 70.1. The van der Waals surface area contributed by atoms with Crippen LogP contribution in [0.4, 0.5) is 0 Å². The molecule has 0 spiro atoms. The van der Waals surface area contributed by atoms with Crippen LogP contribution >= 0.6 is 15.6 Å². The number of phosphoric ester groups is 2. The smallest absolute Gasteiger partial charge is 0.462 e. The Labute approximate surface area is 638 Å². The van der Waals surface area contributed by atoms with E-state index in [-0.39, 0.29) is 25.7 Å². The van der Waals surface area contributed by atoms with Crippen molar-refractivity contribution in [3.8, 4) is 0 Å². The molecule has 0 saturated carbocycles. The first-order valence-electron chi connectivity index (χ1n) is 44.0. The van der Waals surface area contributed by atoms with E-state index in [1.165, 1.54) is 270 Å². The van der Waals surface area contributed by atoms with Crippen LogP contribution in [0.3, 0.4) is 0 Å². The number of ether oxygens (including phenoxy) is 4. The first-order valence-corrected chi connectivity index (χ1v) is 47.0. The molecule has 0 rings (SSSR count). The summed E-state index contributed by atoms with van der Waals surface area (Å²) in [6.45, 7) is 9.67. The normalized spacial score (nSPS) is 13.8. The Morgan fingerprint density at radius 2 is 0.442 bits per heavy atom. The van der Waals surface area contributed by atoms with Crippen LogP contribution in [-0.2, 0) is 65.4 Å². The number of carbonyl (C=O) groups excluding carboxylic acids is 4. The van der Waals surface area contributed by atoms with Gasteiger partial charge in [-0.25, -0.2) is 9.13 Å². The van der Waals surface area contributed by atoms with Crippen molar-refractivity contribution < 1.29 is 80.2 Å². The van der Waals surface area contributed by atoms with Gasteiger partial charge in [-0.3, -0.25) is 37.3 Å². The Bertz CT molecular complexity index is 1990. The lowest BCUT2D eigenvalue weighted by Gasteiger charge is -2.21. The summed E-state index contributed by atoms with van der Waals surface area (Å²) in [4.78, 5) is 73.2. The zero-order chi connectivity index (χ0) is 76.4. The SMILES string of the molecule is CCCCCCCCCCCCCCCCCCCCCCC(=O)O[C@H](COC(=O)CCCCCCCCCCCCCCCC(C)C)COP(=O)(O)OC[C@@H](O)COP(=O)(O)OC[C@@H](COC(=O)CCCCCCCCCCCC(C)C)OC(=O)CCCCCCCCCCCCCCCCCC. The van der Waals surface area contributed by atoms with Crippen molar-refractivity contribution in [3.63, 3.8) is 0 Å². The first-order chi connectivity index (χ1) is 50.4. The Kier molecular flexibility index (Phi) is 75.0. The van der Waals surface area contributed by atoms with E-state index in [4.69, 9.17) is 37.0 Å². The van der Waals surface area contributed by atoms with E-state index in [1.54, 1.807) is 0 Å². The average molecular weight is 1520 g/mol. The average Bonchev–Trinajstić information content (AvgIpc) is 0.908. The Balaban J connectivity index is 5.25. The molecule has 0 aromatic carbocycles. The second-order valence-corrected chi connectivity index (χ2v) is 34.4. The molecule has 3 N–H and O–H groups in total. The Hall–Kier alpha value is -1.94. The maximum absolute atomic E-state index is 13.1. The lowest BCUT2D eigenvalue weighted by atomic mass is 10.0. The number of phosphoric acid groups is 2. The maximum Gasteiger partial charge on any atom is 0.472 e. The third-order valence-corrected chi connectivity index (χ3v) is 21.9. The number of unbranched alkanes of at least 4 members (excludes halogenated alkanes) is 54. The Morgan fingerprint density at radius 3 is 0.654 bits per heavy atom. The summed E-state index contributed by atoms with van der Waals surface area (Å²) in [6.07, 6.45) is 68.0. The molecular formula is C85H166O17P2. The minimum absolute atomic E-state index is 0.108. The van der Waals surface area contributed by atoms with Crippen LogP contribution in [0.25, 0.3) is 0 Å². The third-order valence-electron chi connectivity index (χ3n) is 20.0. The van der Waals surface area contributed by atoms with Crippen LogP contribution in [0.5, 0.6) is 0 Å². The number of hydrogen-bond donors (Lipinski definition) is 3. The first kappa shape index (κ1) is 102. The fourth-order valence-corrected chi connectivity index (χ4v) is 14.8. The zero-order valence-electron chi connectivity index (χ0n) is 68.3. The van der Waals surface area contributed by atoms with Crippen molar-refractivity contribution in [2.45, 2.75) is 471 Å². The van der Waals surface area contributed by atoms with Gasteiger partial charge < -0.3 is 33.8 Å². The molecule has 17 nitrogen and oxygen atoms in total. The Morgan fingerprint density at radius 1 is 0.260 bits per heavy atom. The van der Waals surface area contributed by atoms with Crippen molar-refractivity contribution >= 4 is 39.5 Å². The number of carbonyl (C=O) groups is 4. The molecule has 0 aliphatic heterocycles. The number of rotatable bonds is 84. The summed E-state index contributed by atoms with van der Waals surface area (Å²) >= 11 is 0. The molecule has 0 aliphatic carbocycles. The van der Waals surface area contributed by atoms with Gasteiger partial charge in [0, 0.05) is 25.7 Å². The summed E-state index contributed by atoms with van der Waals surface area (Å²) in [7, 11) is -9.93. The van der Waals surface area contributed by atoms with Crippen LogP contribution in [0.2, 0.25) is 0 Å². The second-order valence-electron chi connectivity index (χ2n) is 31.5. The molecule has 0 aliphatic rings. The van der Waals surface area contributed by atoms with Crippen molar-refractivity contribution in [2.24, 2.45) is 11.8 Å². The highest BCUT2D eigenvalue weighted by Gasteiger charge is 2.30. The molecule has 0 bridgehead atoms. The van der Waals surface area contributed by atoms with E-state index in [1.807, 2.05) is 0 Å². The minimum atomic E-state index is -4.97. The molecule has 2 unspecified atom stereocenters. The molecule has 618 valence electrons. The van der Waals surface area contributed by atoms with Crippen molar-refractivity contribution in [1.29, 1.82) is 0 Å². The molecule has 0 aromatic rings. The van der Waals surface area contributed by atoms with E-state index < -0.39 is 97.5 Å². The van der Waals surface area contributed by atoms with Gasteiger partial charge in [-0.15, -0.1) is 0 Å². The quantitative estimate of drug-likeness (QED) is 0.0222. The summed E-state index contributed by atoms with van der Waals surface area (Å²) in [6, 6.07) is 0. The predicted molar refractivity (Wildman–Crippen MR) is 428 cm³/mol. The highest BCUT2D eigenvalue weighted by molar-refractivity contribution is 7.47. The van der Waals surface area contributed by atoms with Gasteiger partial charge in [-0.1, -0.05) is 401 Å². The van der Waals surface area contributed by atoms with Gasteiger partial charge in [0.2, 0.25) is 0 Å². The molecule has 0 aromatic heterocycles. The number of aliphatic hydroxyl groups excluding tert-OH is 1. The van der Waals surface area contributed by atoms with Gasteiger partial charge in [-0.2, -0.15) is 0 Å². The van der Waals surface area contributed by atoms with Crippen molar-refractivity contribution in [2.75, 3.05) is 39.6 Å². The topological polar surface area (TPSA) is 237 Å². The lowest BCUT2D eigenvalue weighted by molar-refractivity contribution is -0.161. The third kappa shape index (κ3) is 78.2. The predicted octanol–water partition coefficient (Wildman–Crippen LogP) is 25.8. The summed E-state index contributed by atoms with van der Waals surface area (Å²) < 4.78 is 68.9. The standard InChI is InChI=1S/C85H166O17P2/c1-7-9-11-13-15-17-19-21-23-25-26-27-28-30-34-39-45-52-58-64-70-84(89)101-80(73-95-82(87)67-61-55-49-43-37-35-31-32-36-41-47-53-59-65-77(3)4)75-99-103(91,92)97-71-79(86)72-98-104(93,94)100-76-81(74-96-83(88)68-62-56-50-46-40-42-48-54-60-66-78(5)6)102-85(90)69-63-57-51-44-38-33-29-24-22-20-18-16-14-12-10-8-2/h77-81,86H,7-76H2,1-6H3,(H,91,92)(H,93,94)/t79-,80-,81-/m1/s1. The van der Waals surface area contributed by atoms with Crippen LogP contribution in [0, 0.1) is 11.8 Å². The summed E-state index contributed by atoms with van der Waals surface area (Å²) in [5.41, 5.74) is 0. The summed E-state index contributed by atoms with van der Waals surface area (Å²) in [5.74, 6) is -0.567. The maximum atomic E-state index is 13.1. The number of esters is 4. The van der Waals surface area contributed by atoms with E-state index >= 15 is 0 Å². The molecule has 0 radical (unpaired) electrons. The molecule has 19 heteroatoms. The molecule has 104 heavy (non-hydrogen) atoms. The van der Waals surface area contributed by atoms with Crippen LogP contribution < -0.4 is 0 Å². The largest absolute Gasteiger partial charge is 0.472 e. The van der Waals surface area contributed by atoms with Gasteiger partial charge in [0.05, 0.1) is 26.4 Å². The van der Waals surface area contributed by atoms with Crippen molar-refractivity contribution in [1.82, 2.24) is 0 Å². The van der Waals surface area contributed by atoms with Gasteiger partial charge in [-0.05, 0) is 37.5 Å². The van der Waals surface area contributed by atoms with E-state index in [0.29, 0.717) is 25.7 Å². The number of hydrogen-bond acceptors (Lipinski definition) is 15.